The van der Waals surface area contributed by atoms with E-state index in [1.54, 1.807) is 0 Å². The van der Waals surface area contributed by atoms with Gasteiger partial charge in [0, 0.05) is 5.69 Å². The van der Waals surface area contributed by atoms with Crippen molar-refractivity contribution >= 4 is 17.9 Å². The molecular weight excluding hydrogens is 310 g/mol. The fourth-order valence-corrected chi connectivity index (χ4v) is 3.30. The first-order valence-corrected chi connectivity index (χ1v) is 8.80. The van der Waals surface area contributed by atoms with Gasteiger partial charge in [-0.05, 0) is 47.9 Å². The van der Waals surface area contributed by atoms with Crippen LogP contribution in [0.4, 0.5) is 10.5 Å². The number of hydrogen-bond donors (Lipinski definition) is 1. The molecule has 1 amide bonds. The highest BCUT2D eigenvalue weighted by Crippen LogP contribution is 2.40. The molecule has 0 aliphatic heterocycles. The molecule has 3 heteroatoms. The smallest absolute Gasteiger partial charge is 0.412 e. The monoisotopic (exact) mass is 335 g/mol. The number of carbonyl (C=O) groups is 1. The SMILES string of the molecule is CC1(C)CCC(OC(=O)Nc2ccccc2)/C(=C/c2ccccc2)C1. The number of nitrogens with one attached hydrogen (secondary N) is 1. The van der Waals surface area contributed by atoms with Crippen LogP contribution in [0.5, 0.6) is 0 Å². The summed E-state index contributed by atoms with van der Waals surface area (Å²) in [6, 6.07) is 19.6. The largest absolute Gasteiger partial charge is 0.441 e. The molecule has 0 aromatic heterocycles. The molecule has 3 nitrogen and oxygen atoms in total. The molecule has 1 saturated carbocycles. The summed E-state index contributed by atoms with van der Waals surface area (Å²) in [5, 5.41) is 2.81. The van der Waals surface area contributed by atoms with Gasteiger partial charge in [0.25, 0.3) is 0 Å². The van der Waals surface area contributed by atoms with Crippen LogP contribution in [0, 0.1) is 5.41 Å². The van der Waals surface area contributed by atoms with Gasteiger partial charge in [0.1, 0.15) is 6.10 Å². The van der Waals surface area contributed by atoms with Gasteiger partial charge in [-0.3, -0.25) is 5.32 Å². The van der Waals surface area contributed by atoms with E-state index in [1.807, 2.05) is 48.5 Å². The number of anilines is 1. The minimum absolute atomic E-state index is 0.169. The maximum Gasteiger partial charge on any atom is 0.412 e. The Bertz CT molecular complexity index is 735. The summed E-state index contributed by atoms with van der Waals surface area (Å²) in [6.45, 7) is 4.54. The van der Waals surface area contributed by atoms with E-state index in [2.05, 4.69) is 37.4 Å². The van der Waals surface area contributed by atoms with Crippen molar-refractivity contribution in [2.75, 3.05) is 5.32 Å². The van der Waals surface area contributed by atoms with E-state index >= 15 is 0 Å². The van der Waals surface area contributed by atoms with Crippen molar-refractivity contribution in [3.05, 3.63) is 71.8 Å². The number of hydrogen-bond acceptors (Lipinski definition) is 2. The van der Waals surface area contributed by atoms with Crippen LogP contribution in [0.25, 0.3) is 6.08 Å². The van der Waals surface area contributed by atoms with E-state index in [4.69, 9.17) is 4.74 Å². The van der Waals surface area contributed by atoms with Gasteiger partial charge in [0.05, 0.1) is 0 Å². The van der Waals surface area contributed by atoms with Gasteiger partial charge in [-0.2, -0.15) is 0 Å². The summed E-state index contributed by atoms with van der Waals surface area (Å²) >= 11 is 0. The molecule has 1 aliphatic carbocycles. The third-order valence-corrected chi connectivity index (χ3v) is 4.60. The van der Waals surface area contributed by atoms with Gasteiger partial charge in [-0.25, -0.2) is 4.79 Å². The summed E-state index contributed by atoms with van der Waals surface area (Å²) in [4.78, 5) is 12.3. The van der Waals surface area contributed by atoms with Crippen LogP contribution >= 0.6 is 0 Å². The Kier molecular flexibility index (Phi) is 5.22. The zero-order chi connectivity index (χ0) is 17.7. The summed E-state index contributed by atoms with van der Waals surface area (Å²) < 4.78 is 5.76. The van der Waals surface area contributed by atoms with Gasteiger partial charge >= 0.3 is 6.09 Å². The minimum atomic E-state index is -0.394. The Morgan fingerprint density at radius 1 is 1.08 bits per heavy atom. The maximum atomic E-state index is 12.3. The van der Waals surface area contributed by atoms with Crippen LogP contribution in [0.15, 0.2) is 66.2 Å². The van der Waals surface area contributed by atoms with Gasteiger partial charge < -0.3 is 4.74 Å². The molecule has 2 aromatic rings. The summed E-state index contributed by atoms with van der Waals surface area (Å²) in [6.07, 6.45) is 4.44. The molecule has 1 unspecified atom stereocenters. The van der Waals surface area contributed by atoms with E-state index in [9.17, 15) is 4.79 Å². The Morgan fingerprint density at radius 3 is 2.40 bits per heavy atom. The molecule has 25 heavy (non-hydrogen) atoms. The van der Waals surface area contributed by atoms with Crippen molar-refractivity contribution < 1.29 is 9.53 Å². The van der Waals surface area contributed by atoms with E-state index in [1.165, 1.54) is 5.57 Å². The van der Waals surface area contributed by atoms with Crippen LogP contribution in [-0.4, -0.2) is 12.2 Å². The molecule has 0 saturated heterocycles. The number of rotatable bonds is 3. The van der Waals surface area contributed by atoms with E-state index in [0.29, 0.717) is 0 Å². The second-order valence-electron chi connectivity index (χ2n) is 7.39. The standard InChI is InChI=1S/C22H25NO2/c1-22(2)14-13-20(18(16-22)15-17-9-5-3-6-10-17)25-21(24)23-19-11-7-4-8-12-19/h3-12,15,20H,13-14,16H2,1-2H3,(H,23,24)/b18-15+. The second kappa shape index (κ2) is 7.56. The molecule has 1 fully saturated rings. The van der Waals surface area contributed by atoms with Crippen molar-refractivity contribution in [3.8, 4) is 0 Å². The molecule has 2 aromatic carbocycles. The van der Waals surface area contributed by atoms with Gasteiger partial charge in [-0.1, -0.05) is 68.5 Å². The van der Waals surface area contributed by atoms with Crippen molar-refractivity contribution in [2.45, 2.75) is 39.2 Å². The van der Waals surface area contributed by atoms with Crippen molar-refractivity contribution in [1.29, 1.82) is 0 Å². The van der Waals surface area contributed by atoms with Gasteiger partial charge in [-0.15, -0.1) is 0 Å². The zero-order valence-electron chi connectivity index (χ0n) is 14.9. The summed E-state index contributed by atoms with van der Waals surface area (Å²) in [5.41, 5.74) is 3.31. The van der Waals surface area contributed by atoms with E-state index < -0.39 is 6.09 Å². The molecule has 130 valence electrons. The average molecular weight is 335 g/mol. The fourth-order valence-electron chi connectivity index (χ4n) is 3.30. The van der Waals surface area contributed by atoms with E-state index in [0.717, 1.165) is 30.5 Å². The molecule has 1 atom stereocenters. The number of benzene rings is 2. The first-order chi connectivity index (χ1) is 12.0. The van der Waals surface area contributed by atoms with Crippen LogP contribution in [-0.2, 0) is 4.74 Å². The lowest BCUT2D eigenvalue weighted by Gasteiger charge is -2.36. The van der Waals surface area contributed by atoms with Crippen molar-refractivity contribution in [3.63, 3.8) is 0 Å². The number of carbonyl (C=O) groups excluding carboxylic acids is 1. The normalized spacial score (nSPS) is 20.9. The van der Waals surface area contributed by atoms with Crippen molar-refractivity contribution in [2.24, 2.45) is 5.41 Å². The summed E-state index contributed by atoms with van der Waals surface area (Å²) in [5.74, 6) is 0. The van der Waals surface area contributed by atoms with Gasteiger partial charge in [0.2, 0.25) is 0 Å². The zero-order valence-corrected chi connectivity index (χ0v) is 14.9. The second-order valence-corrected chi connectivity index (χ2v) is 7.39. The highest BCUT2D eigenvalue weighted by Gasteiger charge is 2.32. The highest BCUT2D eigenvalue weighted by atomic mass is 16.6. The lowest BCUT2D eigenvalue weighted by Crippen LogP contribution is -2.32. The number of para-hydroxylation sites is 1. The molecule has 0 radical (unpaired) electrons. The third kappa shape index (κ3) is 4.96. The molecule has 0 heterocycles. The van der Waals surface area contributed by atoms with E-state index in [-0.39, 0.29) is 11.5 Å². The van der Waals surface area contributed by atoms with Crippen LogP contribution in [0.2, 0.25) is 0 Å². The predicted octanol–water partition coefficient (Wildman–Crippen LogP) is 5.90. The number of amides is 1. The molecule has 0 spiro atoms. The summed E-state index contributed by atoms with van der Waals surface area (Å²) in [7, 11) is 0. The average Bonchev–Trinajstić information content (AvgIpc) is 2.59. The lowest BCUT2D eigenvalue weighted by molar-refractivity contribution is 0.0933. The Hall–Kier alpha value is -2.55. The number of ether oxygens (including phenoxy) is 1. The van der Waals surface area contributed by atoms with Crippen molar-refractivity contribution in [1.82, 2.24) is 0 Å². The lowest BCUT2D eigenvalue weighted by atomic mass is 9.73. The minimum Gasteiger partial charge on any atom is -0.441 e. The molecular formula is C22H25NO2. The first-order valence-electron chi connectivity index (χ1n) is 8.80. The fraction of sp³-hybridized carbons (Fsp3) is 0.318. The Labute approximate surface area is 149 Å². The Morgan fingerprint density at radius 2 is 1.72 bits per heavy atom. The topological polar surface area (TPSA) is 38.3 Å². The van der Waals surface area contributed by atoms with Crippen LogP contribution in [0.1, 0.15) is 38.7 Å². The van der Waals surface area contributed by atoms with Crippen LogP contribution < -0.4 is 5.32 Å². The molecule has 3 rings (SSSR count). The highest BCUT2D eigenvalue weighted by molar-refractivity contribution is 5.84. The molecule has 1 N–H and O–H groups in total. The predicted molar refractivity (Wildman–Crippen MR) is 102 cm³/mol. The third-order valence-electron chi connectivity index (χ3n) is 4.60. The molecule has 0 bridgehead atoms. The Balaban J connectivity index is 1.73. The first kappa shape index (κ1) is 17.3. The quantitative estimate of drug-likeness (QED) is 0.758. The maximum absolute atomic E-state index is 12.3. The molecule has 1 aliphatic rings. The van der Waals surface area contributed by atoms with Gasteiger partial charge in [0.15, 0.2) is 0 Å². The van der Waals surface area contributed by atoms with Crippen LogP contribution in [0.3, 0.4) is 0 Å².